The van der Waals surface area contributed by atoms with Crippen molar-refractivity contribution in [2.45, 2.75) is 24.1 Å². The number of rotatable bonds is 4. The molecule has 0 radical (unpaired) electrons. The van der Waals surface area contributed by atoms with Crippen LogP contribution in [0.3, 0.4) is 0 Å². The average molecular weight is 257 g/mol. The molecule has 0 fully saturated rings. The summed E-state index contributed by atoms with van der Waals surface area (Å²) in [5.41, 5.74) is 1.02. The summed E-state index contributed by atoms with van der Waals surface area (Å²) in [5, 5.41) is 8.81. The van der Waals surface area contributed by atoms with Crippen LogP contribution in [0.5, 0.6) is 0 Å². The Morgan fingerprint density at radius 2 is 2.00 bits per heavy atom. The van der Waals surface area contributed by atoms with Gasteiger partial charge in [0.25, 0.3) is 0 Å². The molecule has 0 spiro atoms. The second-order valence-corrected chi connectivity index (χ2v) is 4.77. The molecule has 0 amide bonds. The summed E-state index contributed by atoms with van der Waals surface area (Å²) in [6.45, 7) is 1.98. The van der Waals surface area contributed by atoms with E-state index in [0.717, 1.165) is 12.0 Å². The number of hydrogen-bond donors (Lipinski definition) is 1. The Labute approximate surface area is 92.1 Å². The number of benzene rings is 1. The van der Waals surface area contributed by atoms with Crippen LogP contribution in [-0.4, -0.2) is 11.1 Å². The maximum absolute atomic E-state index is 10.7. The smallest absolute Gasteiger partial charge is 0.305 e. The lowest BCUT2D eigenvalue weighted by Crippen LogP contribution is -2.21. The van der Waals surface area contributed by atoms with E-state index in [0.29, 0.717) is 0 Å². The average Bonchev–Trinajstić information content (AvgIpc) is 2.18. The SMILES string of the molecule is CCC(Br)(CC(=O)O)c1ccccc1. The first-order valence-electron chi connectivity index (χ1n) is 4.55. The molecule has 2 nitrogen and oxygen atoms in total. The lowest BCUT2D eigenvalue weighted by Gasteiger charge is -2.24. The van der Waals surface area contributed by atoms with Crippen molar-refractivity contribution in [1.82, 2.24) is 0 Å². The summed E-state index contributed by atoms with van der Waals surface area (Å²) in [7, 11) is 0. The number of carbonyl (C=O) groups is 1. The van der Waals surface area contributed by atoms with Crippen molar-refractivity contribution >= 4 is 21.9 Å². The summed E-state index contributed by atoms with van der Waals surface area (Å²) in [4.78, 5) is 10.7. The number of carboxylic acids is 1. The number of halogens is 1. The molecule has 0 bridgehead atoms. The molecular formula is C11H13BrO2. The maximum Gasteiger partial charge on any atom is 0.305 e. The highest BCUT2D eigenvalue weighted by Gasteiger charge is 2.29. The summed E-state index contributed by atoms with van der Waals surface area (Å²) in [5.74, 6) is -0.785. The highest BCUT2D eigenvalue weighted by atomic mass is 79.9. The first kappa shape index (κ1) is 11.2. The highest BCUT2D eigenvalue weighted by Crippen LogP contribution is 2.37. The van der Waals surface area contributed by atoms with E-state index in [-0.39, 0.29) is 6.42 Å². The molecule has 0 aromatic heterocycles. The summed E-state index contributed by atoms with van der Waals surface area (Å²) < 4.78 is -0.430. The molecule has 0 heterocycles. The van der Waals surface area contributed by atoms with Gasteiger partial charge in [0.1, 0.15) is 0 Å². The van der Waals surface area contributed by atoms with Crippen molar-refractivity contribution in [2.75, 3.05) is 0 Å². The molecule has 1 rings (SSSR count). The monoisotopic (exact) mass is 256 g/mol. The second-order valence-electron chi connectivity index (χ2n) is 3.26. The predicted molar refractivity (Wildman–Crippen MR) is 59.6 cm³/mol. The number of carboxylic acid groups (broad SMARTS) is 1. The van der Waals surface area contributed by atoms with Gasteiger partial charge in [-0.1, -0.05) is 53.2 Å². The topological polar surface area (TPSA) is 37.3 Å². The van der Waals surface area contributed by atoms with Gasteiger partial charge in [0.05, 0.1) is 10.7 Å². The van der Waals surface area contributed by atoms with E-state index >= 15 is 0 Å². The zero-order valence-electron chi connectivity index (χ0n) is 8.03. The maximum atomic E-state index is 10.7. The lowest BCUT2D eigenvalue weighted by atomic mass is 9.93. The van der Waals surface area contributed by atoms with Crippen LogP contribution in [0.4, 0.5) is 0 Å². The third-order valence-electron chi connectivity index (χ3n) is 2.28. The van der Waals surface area contributed by atoms with Crippen molar-refractivity contribution in [3.8, 4) is 0 Å². The van der Waals surface area contributed by atoms with Gasteiger partial charge >= 0.3 is 5.97 Å². The van der Waals surface area contributed by atoms with Crippen LogP contribution in [0.1, 0.15) is 25.3 Å². The fourth-order valence-electron chi connectivity index (χ4n) is 1.41. The molecule has 0 aliphatic carbocycles. The first-order chi connectivity index (χ1) is 6.58. The van der Waals surface area contributed by atoms with Crippen LogP contribution in [0, 0.1) is 0 Å². The molecule has 14 heavy (non-hydrogen) atoms. The van der Waals surface area contributed by atoms with Gasteiger partial charge < -0.3 is 5.11 Å². The van der Waals surface area contributed by atoms with Gasteiger partial charge in [0, 0.05) is 0 Å². The van der Waals surface area contributed by atoms with E-state index in [1.54, 1.807) is 0 Å². The molecule has 1 aromatic carbocycles. The lowest BCUT2D eigenvalue weighted by molar-refractivity contribution is -0.137. The molecule has 0 aliphatic rings. The quantitative estimate of drug-likeness (QED) is 0.841. The Morgan fingerprint density at radius 3 is 2.43 bits per heavy atom. The Kier molecular flexibility index (Phi) is 3.69. The number of alkyl halides is 1. The molecule has 1 atom stereocenters. The minimum absolute atomic E-state index is 0.105. The summed E-state index contributed by atoms with van der Waals surface area (Å²) in [6, 6.07) is 9.65. The Bertz CT molecular complexity index is 310. The number of aliphatic carboxylic acids is 1. The normalized spacial score (nSPS) is 14.7. The van der Waals surface area contributed by atoms with Crippen molar-refractivity contribution < 1.29 is 9.90 Å². The fraction of sp³-hybridized carbons (Fsp3) is 0.364. The molecule has 76 valence electrons. The van der Waals surface area contributed by atoms with Crippen LogP contribution in [0.15, 0.2) is 30.3 Å². The third-order valence-corrected chi connectivity index (χ3v) is 3.58. The van der Waals surface area contributed by atoms with E-state index in [1.807, 2.05) is 37.3 Å². The van der Waals surface area contributed by atoms with Crippen molar-refractivity contribution in [1.29, 1.82) is 0 Å². The molecule has 1 N–H and O–H groups in total. The van der Waals surface area contributed by atoms with E-state index in [9.17, 15) is 4.79 Å². The van der Waals surface area contributed by atoms with Crippen molar-refractivity contribution in [2.24, 2.45) is 0 Å². The molecule has 3 heteroatoms. The van der Waals surface area contributed by atoms with Gasteiger partial charge in [-0.3, -0.25) is 4.79 Å². The van der Waals surface area contributed by atoms with Crippen LogP contribution in [0.25, 0.3) is 0 Å². The van der Waals surface area contributed by atoms with Crippen molar-refractivity contribution in [3.05, 3.63) is 35.9 Å². The van der Waals surface area contributed by atoms with Gasteiger partial charge in [-0.15, -0.1) is 0 Å². The minimum atomic E-state index is -0.785. The molecule has 0 saturated carbocycles. The Hall–Kier alpha value is -0.830. The molecule has 0 aliphatic heterocycles. The van der Waals surface area contributed by atoms with Crippen LogP contribution >= 0.6 is 15.9 Å². The van der Waals surface area contributed by atoms with Gasteiger partial charge in [-0.05, 0) is 12.0 Å². The van der Waals surface area contributed by atoms with Crippen molar-refractivity contribution in [3.63, 3.8) is 0 Å². The minimum Gasteiger partial charge on any atom is -0.481 e. The zero-order valence-corrected chi connectivity index (χ0v) is 9.62. The zero-order chi connectivity index (χ0) is 10.6. The van der Waals surface area contributed by atoms with E-state index in [1.165, 1.54) is 0 Å². The van der Waals surface area contributed by atoms with Gasteiger partial charge in [0.2, 0.25) is 0 Å². The summed E-state index contributed by atoms with van der Waals surface area (Å²) in [6.07, 6.45) is 0.858. The van der Waals surface area contributed by atoms with Gasteiger partial charge in [-0.25, -0.2) is 0 Å². The van der Waals surface area contributed by atoms with Gasteiger partial charge in [0.15, 0.2) is 0 Å². The second kappa shape index (κ2) is 4.60. The predicted octanol–water partition coefficient (Wildman–Crippen LogP) is 3.16. The first-order valence-corrected chi connectivity index (χ1v) is 5.34. The van der Waals surface area contributed by atoms with E-state index in [2.05, 4.69) is 15.9 Å². The molecule has 0 saturated heterocycles. The van der Waals surface area contributed by atoms with Crippen LogP contribution in [0.2, 0.25) is 0 Å². The summed E-state index contributed by atoms with van der Waals surface area (Å²) >= 11 is 3.51. The van der Waals surface area contributed by atoms with Gasteiger partial charge in [-0.2, -0.15) is 0 Å². The molecular weight excluding hydrogens is 244 g/mol. The van der Waals surface area contributed by atoms with E-state index in [4.69, 9.17) is 5.11 Å². The number of hydrogen-bond acceptors (Lipinski definition) is 1. The standard InChI is InChI=1S/C11H13BrO2/c1-2-11(12,8-10(13)14)9-6-4-3-5-7-9/h3-7H,2,8H2,1H3,(H,13,14). The van der Waals surface area contributed by atoms with E-state index < -0.39 is 10.3 Å². The highest BCUT2D eigenvalue weighted by molar-refractivity contribution is 9.09. The molecule has 1 unspecified atom stereocenters. The third kappa shape index (κ3) is 2.58. The Morgan fingerprint density at radius 1 is 1.43 bits per heavy atom. The molecule has 1 aromatic rings. The fourth-order valence-corrected chi connectivity index (χ4v) is 1.91. The van der Waals surface area contributed by atoms with Crippen LogP contribution < -0.4 is 0 Å². The largest absolute Gasteiger partial charge is 0.481 e. The van der Waals surface area contributed by atoms with Crippen LogP contribution in [-0.2, 0) is 9.12 Å². The Balaban J connectivity index is 2.95.